The van der Waals surface area contributed by atoms with Crippen LogP contribution in [0.4, 0.5) is 5.69 Å². The fraction of sp³-hybridized carbons (Fsp3) is 0.273. The summed E-state index contributed by atoms with van der Waals surface area (Å²) in [6.45, 7) is 0. The smallest absolute Gasteiger partial charge is 0.305 e. The van der Waals surface area contributed by atoms with Gasteiger partial charge in [0.25, 0.3) is 0 Å². The van der Waals surface area contributed by atoms with Gasteiger partial charge in [0.05, 0.1) is 13.5 Å². The summed E-state index contributed by atoms with van der Waals surface area (Å²) in [6, 6.07) is 6.69. The molecule has 0 aliphatic heterocycles. The van der Waals surface area contributed by atoms with Crippen molar-refractivity contribution in [2.24, 2.45) is 0 Å². The normalized spacial score (nSPS) is 9.67. The first-order chi connectivity index (χ1) is 7.13. The molecule has 2 N–H and O–H groups in total. The Hall–Kier alpha value is -1.84. The van der Waals surface area contributed by atoms with Gasteiger partial charge < -0.3 is 10.5 Å². The van der Waals surface area contributed by atoms with E-state index in [0.29, 0.717) is 11.3 Å². The molecule has 80 valence electrons. The van der Waals surface area contributed by atoms with Crippen molar-refractivity contribution in [1.82, 2.24) is 0 Å². The van der Waals surface area contributed by atoms with Crippen LogP contribution in [0.25, 0.3) is 0 Å². The first-order valence-corrected chi connectivity index (χ1v) is 4.59. The Balaban J connectivity index is 2.58. The van der Waals surface area contributed by atoms with Crippen molar-refractivity contribution in [3.63, 3.8) is 0 Å². The van der Waals surface area contributed by atoms with Crippen molar-refractivity contribution in [1.29, 1.82) is 0 Å². The lowest BCUT2D eigenvalue weighted by molar-refractivity contribution is -0.140. The van der Waals surface area contributed by atoms with E-state index in [2.05, 4.69) is 4.74 Å². The summed E-state index contributed by atoms with van der Waals surface area (Å²) in [7, 11) is 1.30. The fourth-order valence-electron chi connectivity index (χ4n) is 1.17. The lowest BCUT2D eigenvalue weighted by Crippen LogP contribution is -2.06. The van der Waals surface area contributed by atoms with Crippen molar-refractivity contribution in [2.75, 3.05) is 12.8 Å². The Labute approximate surface area is 88.0 Å². The molecule has 1 aromatic rings. The van der Waals surface area contributed by atoms with E-state index >= 15 is 0 Å². The summed E-state index contributed by atoms with van der Waals surface area (Å²) in [6.07, 6.45) is 0.250. The number of ketones is 1. The first-order valence-electron chi connectivity index (χ1n) is 4.59. The van der Waals surface area contributed by atoms with Crippen LogP contribution in [-0.2, 0) is 9.53 Å². The summed E-state index contributed by atoms with van der Waals surface area (Å²) in [5.41, 5.74) is 6.60. The molecule has 0 aliphatic carbocycles. The molecule has 1 aromatic carbocycles. The average Bonchev–Trinajstić information content (AvgIpc) is 2.25. The van der Waals surface area contributed by atoms with Gasteiger partial charge in [0.2, 0.25) is 0 Å². The minimum atomic E-state index is -0.382. The SMILES string of the molecule is COC(=O)CCC(=O)c1cccc(N)c1. The van der Waals surface area contributed by atoms with Gasteiger partial charge in [-0.25, -0.2) is 0 Å². The number of benzene rings is 1. The van der Waals surface area contributed by atoms with E-state index in [-0.39, 0.29) is 24.6 Å². The number of carbonyl (C=O) groups is 2. The lowest BCUT2D eigenvalue weighted by Gasteiger charge is -2.01. The minimum absolute atomic E-state index is 0.101. The highest BCUT2D eigenvalue weighted by atomic mass is 16.5. The number of methoxy groups -OCH3 is 1. The van der Waals surface area contributed by atoms with Crippen LogP contribution in [0.2, 0.25) is 0 Å². The van der Waals surface area contributed by atoms with Crippen LogP contribution in [0.5, 0.6) is 0 Å². The zero-order valence-corrected chi connectivity index (χ0v) is 8.53. The molecule has 4 heteroatoms. The maximum Gasteiger partial charge on any atom is 0.305 e. The maximum atomic E-state index is 11.6. The summed E-state index contributed by atoms with van der Waals surface area (Å²) in [5.74, 6) is -0.486. The molecule has 0 atom stereocenters. The van der Waals surface area contributed by atoms with Crippen LogP contribution in [0.3, 0.4) is 0 Å². The van der Waals surface area contributed by atoms with Crippen molar-refractivity contribution in [3.8, 4) is 0 Å². The largest absolute Gasteiger partial charge is 0.469 e. The molecule has 0 radical (unpaired) electrons. The number of nitrogen functional groups attached to an aromatic ring is 1. The van der Waals surface area contributed by atoms with Gasteiger partial charge in [0.1, 0.15) is 0 Å². The average molecular weight is 207 g/mol. The number of carbonyl (C=O) groups excluding carboxylic acids is 2. The molecule has 0 aliphatic rings. The molecular formula is C11H13NO3. The number of hydrogen-bond acceptors (Lipinski definition) is 4. The molecule has 0 heterocycles. The van der Waals surface area contributed by atoms with Gasteiger partial charge in [-0.1, -0.05) is 12.1 Å². The number of hydrogen-bond donors (Lipinski definition) is 1. The zero-order chi connectivity index (χ0) is 11.3. The van der Waals surface area contributed by atoms with E-state index in [1.54, 1.807) is 24.3 Å². The summed E-state index contributed by atoms with van der Waals surface area (Å²) < 4.78 is 4.44. The monoisotopic (exact) mass is 207 g/mol. The van der Waals surface area contributed by atoms with Crippen molar-refractivity contribution >= 4 is 17.4 Å². The number of esters is 1. The van der Waals surface area contributed by atoms with E-state index in [0.717, 1.165) is 0 Å². The van der Waals surface area contributed by atoms with Gasteiger partial charge in [-0.3, -0.25) is 9.59 Å². The van der Waals surface area contributed by atoms with E-state index in [9.17, 15) is 9.59 Å². The molecule has 15 heavy (non-hydrogen) atoms. The zero-order valence-electron chi connectivity index (χ0n) is 8.53. The molecule has 0 saturated heterocycles. The third kappa shape index (κ3) is 3.42. The molecule has 0 bridgehead atoms. The van der Waals surface area contributed by atoms with Crippen molar-refractivity contribution in [3.05, 3.63) is 29.8 Å². The van der Waals surface area contributed by atoms with E-state index in [1.807, 2.05) is 0 Å². The van der Waals surface area contributed by atoms with Crippen LogP contribution in [-0.4, -0.2) is 18.9 Å². The highest BCUT2D eigenvalue weighted by Crippen LogP contribution is 2.10. The Bertz CT molecular complexity index is 374. The standard InChI is InChI=1S/C11H13NO3/c1-15-11(14)6-5-10(13)8-3-2-4-9(12)7-8/h2-4,7H,5-6,12H2,1H3. The molecule has 0 amide bonds. The number of nitrogens with two attached hydrogens (primary N) is 1. The number of ether oxygens (including phenoxy) is 1. The summed E-state index contributed by atoms with van der Waals surface area (Å²) in [4.78, 5) is 22.4. The maximum absolute atomic E-state index is 11.6. The first kappa shape index (κ1) is 11.2. The Morgan fingerprint density at radius 3 is 2.67 bits per heavy atom. The Morgan fingerprint density at radius 2 is 2.07 bits per heavy atom. The highest BCUT2D eigenvalue weighted by molar-refractivity contribution is 5.98. The van der Waals surface area contributed by atoms with Gasteiger partial charge in [-0.2, -0.15) is 0 Å². The van der Waals surface area contributed by atoms with E-state index in [4.69, 9.17) is 5.73 Å². The van der Waals surface area contributed by atoms with Crippen molar-refractivity contribution in [2.45, 2.75) is 12.8 Å². The third-order valence-electron chi connectivity index (χ3n) is 1.99. The number of Topliss-reactive ketones (excluding diaryl/α,β-unsaturated/α-hetero) is 1. The third-order valence-corrected chi connectivity index (χ3v) is 1.99. The van der Waals surface area contributed by atoms with E-state index in [1.165, 1.54) is 7.11 Å². The van der Waals surface area contributed by atoms with Crippen LogP contribution in [0.15, 0.2) is 24.3 Å². The highest BCUT2D eigenvalue weighted by Gasteiger charge is 2.09. The molecule has 0 saturated carbocycles. The minimum Gasteiger partial charge on any atom is -0.469 e. The van der Waals surface area contributed by atoms with Crippen LogP contribution >= 0.6 is 0 Å². The Kier molecular flexibility index (Phi) is 3.85. The summed E-state index contributed by atoms with van der Waals surface area (Å²) >= 11 is 0. The van der Waals surface area contributed by atoms with Gasteiger partial charge in [0, 0.05) is 17.7 Å². The van der Waals surface area contributed by atoms with Gasteiger partial charge in [-0.15, -0.1) is 0 Å². The molecular weight excluding hydrogens is 194 g/mol. The van der Waals surface area contributed by atoms with Crippen molar-refractivity contribution < 1.29 is 14.3 Å². The molecule has 0 aromatic heterocycles. The predicted molar refractivity (Wildman–Crippen MR) is 56.4 cm³/mol. The summed E-state index contributed by atoms with van der Waals surface area (Å²) in [5, 5.41) is 0. The molecule has 0 fully saturated rings. The number of rotatable bonds is 4. The quantitative estimate of drug-likeness (QED) is 0.460. The molecule has 1 rings (SSSR count). The second kappa shape index (κ2) is 5.14. The fourth-order valence-corrected chi connectivity index (χ4v) is 1.17. The Morgan fingerprint density at radius 1 is 1.33 bits per heavy atom. The topological polar surface area (TPSA) is 69.4 Å². The van der Waals surface area contributed by atoms with E-state index < -0.39 is 0 Å². The number of anilines is 1. The molecule has 4 nitrogen and oxygen atoms in total. The predicted octanol–water partition coefficient (Wildman–Crippen LogP) is 1.40. The van der Waals surface area contributed by atoms with Crippen LogP contribution < -0.4 is 5.73 Å². The molecule has 0 spiro atoms. The van der Waals surface area contributed by atoms with Gasteiger partial charge in [-0.05, 0) is 12.1 Å². The lowest BCUT2D eigenvalue weighted by atomic mass is 10.1. The second-order valence-electron chi connectivity index (χ2n) is 3.12. The van der Waals surface area contributed by atoms with Crippen LogP contribution in [0, 0.1) is 0 Å². The van der Waals surface area contributed by atoms with Crippen LogP contribution in [0.1, 0.15) is 23.2 Å². The second-order valence-corrected chi connectivity index (χ2v) is 3.12. The molecule has 0 unspecified atom stereocenters. The van der Waals surface area contributed by atoms with Gasteiger partial charge >= 0.3 is 5.97 Å². The van der Waals surface area contributed by atoms with Gasteiger partial charge in [0.15, 0.2) is 5.78 Å².